The van der Waals surface area contributed by atoms with Gasteiger partial charge in [-0.25, -0.2) is 0 Å². The molecule has 0 bridgehead atoms. The molecule has 0 saturated carbocycles. The highest BCUT2D eigenvalue weighted by atomic mass is 35.5. The smallest absolute Gasteiger partial charge is 0.224 e. The molecular formula is C11H14Cl2N2O. The molecule has 1 amide bonds. The van der Waals surface area contributed by atoms with Crippen molar-refractivity contribution in [1.82, 2.24) is 10.6 Å². The molecule has 2 N–H and O–H groups in total. The Morgan fingerprint density at radius 3 is 2.44 bits per heavy atom. The van der Waals surface area contributed by atoms with E-state index in [2.05, 4.69) is 10.6 Å². The van der Waals surface area contributed by atoms with Crippen LogP contribution in [0.15, 0.2) is 18.2 Å². The average Bonchev–Trinajstić information content (AvgIpc) is 2.24. The van der Waals surface area contributed by atoms with Gasteiger partial charge in [-0.15, -0.1) is 0 Å². The summed E-state index contributed by atoms with van der Waals surface area (Å²) in [6, 6.07) is 5.21. The molecule has 5 heteroatoms. The van der Waals surface area contributed by atoms with Gasteiger partial charge in [0.1, 0.15) is 0 Å². The SMILES string of the molecule is CNCCNC(=O)Cc1c(Cl)cccc1Cl. The average molecular weight is 261 g/mol. The zero-order valence-electron chi connectivity index (χ0n) is 9.02. The van der Waals surface area contributed by atoms with E-state index in [0.717, 1.165) is 6.54 Å². The van der Waals surface area contributed by atoms with E-state index >= 15 is 0 Å². The number of likely N-dealkylation sites (N-methyl/N-ethyl adjacent to an activating group) is 1. The van der Waals surface area contributed by atoms with Crippen molar-refractivity contribution in [3.05, 3.63) is 33.8 Å². The van der Waals surface area contributed by atoms with Crippen molar-refractivity contribution in [1.29, 1.82) is 0 Å². The highest BCUT2D eigenvalue weighted by Gasteiger charge is 2.09. The standard InChI is InChI=1S/C11H14Cl2N2O/c1-14-5-6-15-11(16)7-8-9(12)3-2-4-10(8)13/h2-4,14H,5-7H2,1H3,(H,15,16). The molecule has 0 aromatic heterocycles. The van der Waals surface area contributed by atoms with Crippen molar-refractivity contribution < 1.29 is 4.79 Å². The summed E-state index contributed by atoms with van der Waals surface area (Å²) in [5.74, 6) is -0.0785. The number of benzene rings is 1. The predicted molar refractivity (Wildman–Crippen MR) is 67.1 cm³/mol. The molecule has 0 aliphatic carbocycles. The van der Waals surface area contributed by atoms with E-state index in [9.17, 15) is 4.79 Å². The largest absolute Gasteiger partial charge is 0.355 e. The molecule has 16 heavy (non-hydrogen) atoms. The van der Waals surface area contributed by atoms with Crippen LogP contribution < -0.4 is 10.6 Å². The summed E-state index contributed by atoms with van der Waals surface area (Å²) in [6.07, 6.45) is 0.211. The van der Waals surface area contributed by atoms with Crippen molar-refractivity contribution in [2.24, 2.45) is 0 Å². The highest BCUT2D eigenvalue weighted by molar-refractivity contribution is 6.36. The molecule has 1 aromatic rings. The van der Waals surface area contributed by atoms with Gasteiger partial charge in [0.25, 0.3) is 0 Å². The van der Waals surface area contributed by atoms with Crippen LogP contribution >= 0.6 is 23.2 Å². The normalized spacial score (nSPS) is 10.2. The number of rotatable bonds is 5. The van der Waals surface area contributed by atoms with Gasteiger partial charge < -0.3 is 10.6 Å². The van der Waals surface area contributed by atoms with Crippen molar-refractivity contribution in [3.63, 3.8) is 0 Å². The van der Waals surface area contributed by atoms with Gasteiger partial charge in [-0.3, -0.25) is 4.79 Å². The van der Waals surface area contributed by atoms with Crippen LogP contribution in [0.3, 0.4) is 0 Å². The monoisotopic (exact) mass is 260 g/mol. The third-order valence-corrected chi connectivity index (χ3v) is 2.80. The Balaban J connectivity index is 2.56. The van der Waals surface area contributed by atoms with E-state index in [0.29, 0.717) is 22.2 Å². The molecule has 1 rings (SSSR count). The number of carbonyl (C=O) groups is 1. The van der Waals surface area contributed by atoms with E-state index in [1.165, 1.54) is 0 Å². The summed E-state index contributed by atoms with van der Waals surface area (Å²) in [7, 11) is 1.83. The summed E-state index contributed by atoms with van der Waals surface area (Å²) < 4.78 is 0. The summed E-state index contributed by atoms with van der Waals surface area (Å²) in [5.41, 5.74) is 0.674. The Bertz CT molecular complexity index is 349. The minimum Gasteiger partial charge on any atom is -0.355 e. The number of amides is 1. The molecule has 0 fully saturated rings. The first kappa shape index (κ1) is 13.3. The van der Waals surface area contributed by atoms with E-state index in [1.807, 2.05) is 7.05 Å². The van der Waals surface area contributed by atoms with Crippen LogP contribution in [0, 0.1) is 0 Å². The quantitative estimate of drug-likeness (QED) is 0.794. The van der Waals surface area contributed by atoms with E-state index in [-0.39, 0.29) is 12.3 Å². The Kier molecular flexibility index (Phi) is 5.60. The second-order valence-electron chi connectivity index (χ2n) is 3.33. The Hall–Kier alpha value is -0.770. The van der Waals surface area contributed by atoms with Crippen LogP contribution in [0.5, 0.6) is 0 Å². The topological polar surface area (TPSA) is 41.1 Å². The molecule has 0 saturated heterocycles. The lowest BCUT2D eigenvalue weighted by molar-refractivity contribution is -0.120. The van der Waals surface area contributed by atoms with E-state index in [4.69, 9.17) is 23.2 Å². The van der Waals surface area contributed by atoms with Gasteiger partial charge in [0.05, 0.1) is 6.42 Å². The number of halogens is 2. The molecule has 0 radical (unpaired) electrons. The summed E-state index contributed by atoms with van der Waals surface area (Å²) in [4.78, 5) is 11.5. The molecule has 0 aliphatic heterocycles. The zero-order chi connectivity index (χ0) is 12.0. The fraction of sp³-hybridized carbons (Fsp3) is 0.364. The Labute approximate surface area is 105 Å². The van der Waals surface area contributed by atoms with Crippen molar-refractivity contribution >= 4 is 29.1 Å². The number of carbonyl (C=O) groups excluding carboxylic acids is 1. The van der Waals surface area contributed by atoms with Crippen molar-refractivity contribution in [3.8, 4) is 0 Å². The minimum absolute atomic E-state index is 0.0785. The minimum atomic E-state index is -0.0785. The maximum Gasteiger partial charge on any atom is 0.224 e. The Morgan fingerprint density at radius 1 is 1.25 bits per heavy atom. The van der Waals surface area contributed by atoms with Crippen molar-refractivity contribution in [2.45, 2.75) is 6.42 Å². The van der Waals surface area contributed by atoms with E-state index in [1.54, 1.807) is 18.2 Å². The maximum atomic E-state index is 11.5. The van der Waals surface area contributed by atoms with Crippen LogP contribution in [0.4, 0.5) is 0 Å². The summed E-state index contributed by atoms with van der Waals surface area (Å²) in [6.45, 7) is 1.33. The molecule has 88 valence electrons. The fourth-order valence-electron chi connectivity index (χ4n) is 1.25. The van der Waals surface area contributed by atoms with Gasteiger partial charge in [0.2, 0.25) is 5.91 Å². The molecule has 0 atom stereocenters. The molecular weight excluding hydrogens is 247 g/mol. The second kappa shape index (κ2) is 6.74. The van der Waals surface area contributed by atoms with Crippen LogP contribution in [0.2, 0.25) is 10.0 Å². The summed E-state index contributed by atoms with van der Waals surface area (Å²) >= 11 is 11.9. The zero-order valence-corrected chi connectivity index (χ0v) is 10.5. The Morgan fingerprint density at radius 2 is 1.88 bits per heavy atom. The number of hydrogen-bond donors (Lipinski definition) is 2. The first-order valence-electron chi connectivity index (χ1n) is 4.99. The lowest BCUT2D eigenvalue weighted by Gasteiger charge is -2.07. The fourth-order valence-corrected chi connectivity index (χ4v) is 1.78. The van der Waals surface area contributed by atoms with Crippen LogP contribution in [0.25, 0.3) is 0 Å². The third kappa shape index (κ3) is 4.00. The molecule has 0 unspecified atom stereocenters. The third-order valence-electron chi connectivity index (χ3n) is 2.10. The number of hydrogen-bond acceptors (Lipinski definition) is 2. The van der Waals surface area contributed by atoms with Gasteiger partial charge >= 0.3 is 0 Å². The van der Waals surface area contributed by atoms with Crippen LogP contribution in [-0.4, -0.2) is 26.0 Å². The molecule has 3 nitrogen and oxygen atoms in total. The lowest BCUT2D eigenvalue weighted by Crippen LogP contribution is -2.31. The molecule has 1 aromatic carbocycles. The van der Waals surface area contributed by atoms with Gasteiger partial charge in [0.15, 0.2) is 0 Å². The lowest BCUT2D eigenvalue weighted by atomic mass is 10.1. The van der Waals surface area contributed by atoms with Gasteiger partial charge in [0, 0.05) is 23.1 Å². The van der Waals surface area contributed by atoms with E-state index < -0.39 is 0 Å². The first-order chi connectivity index (χ1) is 7.65. The molecule has 0 aliphatic rings. The molecule has 0 heterocycles. The van der Waals surface area contributed by atoms with Crippen molar-refractivity contribution in [2.75, 3.05) is 20.1 Å². The van der Waals surface area contributed by atoms with Crippen LogP contribution in [0.1, 0.15) is 5.56 Å². The number of nitrogens with one attached hydrogen (secondary N) is 2. The van der Waals surface area contributed by atoms with Gasteiger partial charge in [-0.2, -0.15) is 0 Å². The second-order valence-corrected chi connectivity index (χ2v) is 4.14. The summed E-state index contributed by atoms with van der Waals surface area (Å²) in [5, 5.41) is 6.76. The maximum absolute atomic E-state index is 11.5. The van der Waals surface area contributed by atoms with Crippen LogP contribution in [-0.2, 0) is 11.2 Å². The van der Waals surface area contributed by atoms with Gasteiger partial charge in [-0.1, -0.05) is 29.3 Å². The highest BCUT2D eigenvalue weighted by Crippen LogP contribution is 2.24. The predicted octanol–water partition coefficient (Wildman–Crippen LogP) is 1.87. The first-order valence-corrected chi connectivity index (χ1v) is 5.75. The van der Waals surface area contributed by atoms with Gasteiger partial charge in [-0.05, 0) is 24.7 Å². The molecule has 0 spiro atoms.